The summed E-state index contributed by atoms with van der Waals surface area (Å²) < 4.78 is 5.40. The normalized spacial score (nSPS) is 12.9. The lowest BCUT2D eigenvalue weighted by Gasteiger charge is -2.13. The van der Waals surface area contributed by atoms with E-state index in [0.717, 1.165) is 34.8 Å². The smallest absolute Gasteiger partial charge is 0.161 e. The van der Waals surface area contributed by atoms with E-state index < -0.39 is 0 Å². The Morgan fingerprint density at radius 1 is 1.41 bits per heavy atom. The van der Waals surface area contributed by atoms with Gasteiger partial charge in [-0.25, -0.2) is 9.97 Å². The van der Waals surface area contributed by atoms with Gasteiger partial charge < -0.3 is 10.1 Å². The van der Waals surface area contributed by atoms with Gasteiger partial charge in [0.2, 0.25) is 0 Å². The molecule has 0 bridgehead atoms. The van der Waals surface area contributed by atoms with Gasteiger partial charge in [-0.3, -0.25) is 0 Å². The van der Waals surface area contributed by atoms with Crippen LogP contribution in [0.3, 0.4) is 0 Å². The molecular weight excluding hydrogens is 234 g/mol. The molecule has 0 aliphatic rings. The molecule has 0 spiro atoms. The van der Waals surface area contributed by atoms with E-state index in [4.69, 9.17) is 4.74 Å². The minimum atomic E-state index is -0.0288. The summed E-state index contributed by atoms with van der Waals surface area (Å²) in [5.41, 5.74) is 0. The summed E-state index contributed by atoms with van der Waals surface area (Å²) in [6.45, 7) is 4.99. The van der Waals surface area contributed by atoms with Crippen molar-refractivity contribution in [1.29, 1.82) is 0 Å². The molecule has 0 aliphatic carbocycles. The van der Waals surface area contributed by atoms with Gasteiger partial charge in [0, 0.05) is 13.7 Å². The fourth-order valence-corrected chi connectivity index (χ4v) is 2.54. The first-order chi connectivity index (χ1) is 8.30. The van der Waals surface area contributed by atoms with Crippen molar-refractivity contribution in [3.8, 4) is 0 Å². The molecule has 1 unspecified atom stereocenters. The molecule has 0 radical (unpaired) electrons. The van der Waals surface area contributed by atoms with Gasteiger partial charge in [0.1, 0.15) is 16.8 Å². The fraction of sp³-hybridized carbons (Fsp3) is 0.500. The summed E-state index contributed by atoms with van der Waals surface area (Å²) in [5, 5.41) is 6.41. The quantitative estimate of drug-likeness (QED) is 0.886. The molecule has 92 valence electrons. The monoisotopic (exact) mass is 251 g/mol. The summed E-state index contributed by atoms with van der Waals surface area (Å²) >= 11 is 1.63. The van der Waals surface area contributed by atoms with E-state index in [-0.39, 0.29) is 6.10 Å². The van der Waals surface area contributed by atoms with Gasteiger partial charge in [0.05, 0.1) is 5.39 Å². The summed E-state index contributed by atoms with van der Waals surface area (Å²) in [6.07, 6.45) is 0.845. The maximum Gasteiger partial charge on any atom is 0.161 e. The van der Waals surface area contributed by atoms with Crippen LogP contribution >= 0.6 is 11.3 Å². The minimum Gasteiger partial charge on any atom is -0.373 e. The highest BCUT2D eigenvalue weighted by Gasteiger charge is 2.15. The molecule has 0 aromatic carbocycles. The second kappa shape index (κ2) is 5.42. The number of fused-ring (bicyclic) bond motifs is 1. The number of nitrogens with one attached hydrogen (secondary N) is 1. The van der Waals surface area contributed by atoms with E-state index in [9.17, 15) is 0 Å². The molecule has 0 saturated heterocycles. The van der Waals surface area contributed by atoms with Crippen LogP contribution in [0.4, 0.5) is 5.82 Å². The number of methoxy groups -OCH3 is 1. The van der Waals surface area contributed by atoms with Crippen molar-refractivity contribution in [3.05, 3.63) is 17.3 Å². The first-order valence-electron chi connectivity index (χ1n) is 5.81. The summed E-state index contributed by atoms with van der Waals surface area (Å²) in [5.74, 6) is 1.67. The first kappa shape index (κ1) is 12.3. The number of nitrogens with zero attached hydrogens (tertiary/aromatic N) is 2. The van der Waals surface area contributed by atoms with Gasteiger partial charge in [0.25, 0.3) is 0 Å². The highest BCUT2D eigenvalue weighted by Crippen LogP contribution is 2.28. The SMILES string of the molecule is CCNc1nc(C(CC)OC)nc2sccc12. The number of anilines is 1. The van der Waals surface area contributed by atoms with Gasteiger partial charge >= 0.3 is 0 Å². The molecule has 5 heteroatoms. The standard InChI is InChI=1S/C12H17N3OS/c1-4-9(16-3)11-14-10(13-5-2)8-6-7-17-12(8)15-11/h6-7,9H,4-5H2,1-3H3,(H,13,14,15). The Labute approximate surface area is 105 Å². The van der Waals surface area contributed by atoms with Crippen molar-refractivity contribution >= 4 is 27.4 Å². The van der Waals surface area contributed by atoms with E-state index >= 15 is 0 Å². The molecule has 2 heterocycles. The van der Waals surface area contributed by atoms with Crippen LogP contribution in [0.2, 0.25) is 0 Å². The van der Waals surface area contributed by atoms with Crippen molar-refractivity contribution in [2.45, 2.75) is 26.4 Å². The third-order valence-electron chi connectivity index (χ3n) is 2.63. The second-order valence-corrected chi connectivity index (χ2v) is 4.63. The molecule has 1 N–H and O–H groups in total. The van der Waals surface area contributed by atoms with Gasteiger partial charge in [-0.1, -0.05) is 6.92 Å². The number of rotatable bonds is 5. The number of hydrogen-bond acceptors (Lipinski definition) is 5. The van der Waals surface area contributed by atoms with Crippen molar-refractivity contribution in [2.24, 2.45) is 0 Å². The van der Waals surface area contributed by atoms with Crippen LogP contribution in [0, 0.1) is 0 Å². The Hall–Kier alpha value is -1.20. The van der Waals surface area contributed by atoms with Crippen LogP contribution in [0.1, 0.15) is 32.2 Å². The van der Waals surface area contributed by atoms with Crippen LogP contribution in [0.15, 0.2) is 11.4 Å². The zero-order valence-corrected chi connectivity index (χ0v) is 11.2. The molecular formula is C12H17N3OS. The predicted molar refractivity (Wildman–Crippen MR) is 71.6 cm³/mol. The molecule has 4 nitrogen and oxygen atoms in total. The number of hydrogen-bond donors (Lipinski definition) is 1. The summed E-state index contributed by atoms with van der Waals surface area (Å²) in [7, 11) is 1.70. The molecule has 0 aliphatic heterocycles. The largest absolute Gasteiger partial charge is 0.373 e. The minimum absolute atomic E-state index is 0.0288. The van der Waals surface area contributed by atoms with Gasteiger partial charge in [-0.2, -0.15) is 0 Å². The molecule has 0 saturated carbocycles. The van der Waals surface area contributed by atoms with E-state index in [0.29, 0.717) is 0 Å². The molecule has 2 rings (SSSR count). The third-order valence-corrected chi connectivity index (χ3v) is 3.44. The van der Waals surface area contributed by atoms with Crippen molar-refractivity contribution in [3.63, 3.8) is 0 Å². The number of aromatic nitrogens is 2. The molecule has 2 aromatic heterocycles. The van der Waals surface area contributed by atoms with E-state index in [1.807, 2.05) is 5.38 Å². The van der Waals surface area contributed by atoms with Crippen LogP contribution in [-0.2, 0) is 4.74 Å². The Bertz CT molecular complexity index is 493. The lowest BCUT2D eigenvalue weighted by atomic mass is 10.2. The lowest BCUT2D eigenvalue weighted by molar-refractivity contribution is 0.0930. The van der Waals surface area contributed by atoms with Crippen molar-refractivity contribution in [2.75, 3.05) is 19.0 Å². The topological polar surface area (TPSA) is 47.0 Å². The van der Waals surface area contributed by atoms with Crippen molar-refractivity contribution in [1.82, 2.24) is 9.97 Å². The maximum absolute atomic E-state index is 5.40. The Morgan fingerprint density at radius 3 is 2.88 bits per heavy atom. The van der Waals surface area contributed by atoms with Crippen molar-refractivity contribution < 1.29 is 4.74 Å². The van der Waals surface area contributed by atoms with Crippen LogP contribution in [0.25, 0.3) is 10.2 Å². The lowest BCUT2D eigenvalue weighted by Crippen LogP contribution is -2.09. The predicted octanol–water partition coefficient (Wildman–Crippen LogP) is 3.22. The Morgan fingerprint density at radius 2 is 2.24 bits per heavy atom. The van der Waals surface area contributed by atoms with Gasteiger partial charge in [0.15, 0.2) is 5.82 Å². The summed E-state index contributed by atoms with van der Waals surface area (Å²) in [4.78, 5) is 10.1. The van der Waals surface area contributed by atoms with Crippen LogP contribution in [0.5, 0.6) is 0 Å². The summed E-state index contributed by atoms with van der Waals surface area (Å²) in [6, 6.07) is 2.05. The number of ether oxygens (including phenoxy) is 1. The average Bonchev–Trinajstić information content (AvgIpc) is 2.79. The zero-order valence-electron chi connectivity index (χ0n) is 10.4. The third kappa shape index (κ3) is 2.40. The second-order valence-electron chi connectivity index (χ2n) is 3.73. The molecule has 17 heavy (non-hydrogen) atoms. The molecule has 0 amide bonds. The zero-order chi connectivity index (χ0) is 12.3. The molecule has 1 atom stereocenters. The first-order valence-corrected chi connectivity index (χ1v) is 6.69. The number of thiophene rings is 1. The van der Waals surface area contributed by atoms with E-state index in [1.165, 1.54) is 0 Å². The molecule has 2 aromatic rings. The van der Waals surface area contributed by atoms with Gasteiger partial charge in [-0.05, 0) is 24.8 Å². The fourth-order valence-electron chi connectivity index (χ4n) is 1.77. The Balaban J connectivity index is 2.50. The Kier molecular flexibility index (Phi) is 3.91. The van der Waals surface area contributed by atoms with Crippen LogP contribution in [-0.4, -0.2) is 23.6 Å². The highest BCUT2D eigenvalue weighted by molar-refractivity contribution is 7.16. The average molecular weight is 251 g/mol. The van der Waals surface area contributed by atoms with Gasteiger partial charge in [-0.15, -0.1) is 11.3 Å². The van der Waals surface area contributed by atoms with E-state index in [2.05, 4.69) is 35.2 Å². The van der Waals surface area contributed by atoms with Crippen LogP contribution < -0.4 is 5.32 Å². The molecule has 0 fully saturated rings. The van der Waals surface area contributed by atoms with E-state index in [1.54, 1.807) is 18.4 Å². The highest BCUT2D eigenvalue weighted by atomic mass is 32.1. The maximum atomic E-state index is 5.40.